The molecule has 0 radical (unpaired) electrons. The predicted octanol–water partition coefficient (Wildman–Crippen LogP) is 5.28. The van der Waals surface area contributed by atoms with E-state index in [4.69, 9.17) is 23.2 Å². The Kier molecular flexibility index (Phi) is 6.42. The average Bonchev–Trinajstić information content (AvgIpc) is 2.47. The van der Waals surface area contributed by atoms with Crippen LogP contribution in [0.1, 0.15) is 10.4 Å². The van der Waals surface area contributed by atoms with E-state index >= 15 is 0 Å². The topological polar surface area (TPSA) is 29.1 Å². The summed E-state index contributed by atoms with van der Waals surface area (Å²) in [5.74, 6) is 0.608. The lowest BCUT2D eigenvalue weighted by molar-refractivity contribution is 0.0956. The van der Waals surface area contributed by atoms with Crippen LogP contribution in [0.4, 0.5) is 0 Å². The van der Waals surface area contributed by atoms with Crippen molar-refractivity contribution >= 4 is 56.8 Å². The van der Waals surface area contributed by atoms with Crippen molar-refractivity contribution in [3.8, 4) is 0 Å². The highest BCUT2D eigenvalue weighted by Gasteiger charge is 2.10. The van der Waals surface area contributed by atoms with Gasteiger partial charge in [-0.05, 0) is 42.5 Å². The normalized spacial score (nSPS) is 10.4. The molecule has 1 N–H and O–H groups in total. The van der Waals surface area contributed by atoms with Gasteiger partial charge in [-0.15, -0.1) is 11.8 Å². The predicted molar refractivity (Wildman–Crippen MR) is 93.7 cm³/mol. The summed E-state index contributed by atoms with van der Waals surface area (Å²) in [4.78, 5) is 13.2. The van der Waals surface area contributed by atoms with Gasteiger partial charge in [0.15, 0.2) is 0 Å². The van der Waals surface area contributed by atoms with Crippen LogP contribution >= 0.6 is 50.9 Å². The Hall–Kier alpha value is -0.680. The van der Waals surface area contributed by atoms with Gasteiger partial charge in [0, 0.05) is 26.7 Å². The summed E-state index contributed by atoms with van der Waals surface area (Å²) in [6, 6.07) is 12.8. The molecule has 0 aromatic heterocycles. The molecule has 0 fully saturated rings. The van der Waals surface area contributed by atoms with Gasteiger partial charge in [-0.25, -0.2) is 0 Å². The van der Waals surface area contributed by atoms with Crippen molar-refractivity contribution in [1.82, 2.24) is 5.32 Å². The van der Waals surface area contributed by atoms with Crippen LogP contribution in [0, 0.1) is 0 Å². The second-order valence-electron chi connectivity index (χ2n) is 4.18. The Balaban J connectivity index is 1.81. The first-order valence-electron chi connectivity index (χ1n) is 6.18. The highest BCUT2D eigenvalue weighted by Crippen LogP contribution is 2.21. The van der Waals surface area contributed by atoms with Crippen LogP contribution in [-0.2, 0) is 0 Å². The van der Waals surface area contributed by atoms with Crippen LogP contribution in [0.3, 0.4) is 0 Å². The molecule has 6 heteroatoms. The van der Waals surface area contributed by atoms with Gasteiger partial charge in [-0.2, -0.15) is 0 Å². The number of hydrogen-bond acceptors (Lipinski definition) is 2. The molecular weight excluding hydrogens is 393 g/mol. The third-order valence-corrected chi connectivity index (χ3v) is 4.73. The van der Waals surface area contributed by atoms with Crippen LogP contribution in [0.15, 0.2) is 51.8 Å². The van der Waals surface area contributed by atoms with Gasteiger partial charge in [0.05, 0.1) is 10.6 Å². The van der Waals surface area contributed by atoms with E-state index in [9.17, 15) is 4.79 Å². The molecule has 0 saturated carbocycles. The molecule has 0 spiro atoms. The molecule has 2 nitrogen and oxygen atoms in total. The van der Waals surface area contributed by atoms with Gasteiger partial charge >= 0.3 is 0 Å². The third kappa shape index (κ3) is 5.22. The second-order valence-corrected chi connectivity index (χ2v) is 7.11. The molecule has 2 aromatic rings. The molecule has 110 valence electrons. The van der Waals surface area contributed by atoms with E-state index in [1.807, 2.05) is 24.3 Å². The number of amides is 1. The number of carbonyl (C=O) groups is 1. The van der Waals surface area contributed by atoms with E-state index < -0.39 is 0 Å². The summed E-state index contributed by atoms with van der Waals surface area (Å²) in [6.07, 6.45) is 0. The van der Waals surface area contributed by atoms with Gasteiger partial charge in [-0.3, -0.25) is 4.79 Å². The van der Waals surface area contributed by atoms with E-state index in [1.54, 1.807) is 30.0 Å². The quantitative estimate of drug-likeness (QED) is 0.542. The summed E-state index contributed by atoms with van der Waals surface area (Å²) >= 11 is 16.8. The lowest BCUT2D eigenvalue weighted by Crippen LogP contribution is -2.26. The Labute approximate surface area is 146 Å². The van der Waals surface area contributed by atoms with Gasteiger partial charge in [0.25, 0.3) is 5.91 Å². The lowest BCUT2D eigenvalue weighted by Gasteiger charge is -2.07. The minimum Gasteiger partial charge on any atom is -0.351 e. The molecule has 2 rings (SSSR count). The number of nitrogens with one attached hydrogen (secondary N) is 1. The molecule has 0 aliphatic heterocycles. The van der Waals surface area contributed by atoms with E-state index in [-0.39, 0.29) is 5.91 Å². The SMILES string of the molecule is O=C(NCCSc1ccc(Cl)cc1)c1cc(Br)ccc1Cl. The van der Waals surface area contributed by atoms with Gasteiger partial charge < -0.3 is 5.32 Å². The Bertz CT molecular complexity index is 634. The zero-order chi connectivity index (χ0) is 15.2. The smallest absolute Gasteiger partial charge is 0.252 e. The molecule has 21 heavy (non-hydrogen) atoms. The maximum atomic E-state index is 12.0. The van der Waals surface area contributed by atoms with E-state index in [1.165, 1.54) is 0 Å². The number of halogens is 3. The molecule has 1 amide bonds. The highest BCUT2D eigenvalue weighted by atomic mass is 79.9. The number of carbonyl (C=O) groups excluding carboxylic acids is 1. The van der Waals surface area contributed by atoms with Crippen molar-refractivity contribution < 1.29 is 4.79 Å². The first-order valence-corrected chi connectivity index (χ1v) is 8.71. The molecular formula is C15H12BrCl2NOS. The number of thioether (sulfide) groups is 1. The van der Waals surface area contributed by atoms with E-state index in [0.29, 0.717) is 17.1 Å². The summed E-state index contributed by atoms with van der Waals surface area (Å²) in [6.45, 7) is 0.564. The molecule has 0 atom stereocenters. The number of hydrogen-bond donors (Lipinski definition) is 1. The van der Waals surface area contributed by atoms with Crippen LogP contribution in [0.25, 0.3) is 0 Å². The van der Waals surface area contributed by atoms with Crippen molar-refractivity contribution in [2.75, 3.05) is 12.3 Å². The zero-order valence-electron chi connectivity index (χ0n) is 10.9. The van der Waals surface area contributed by atoms with E-state index in [2.05, 4.69) is 21.2 Å². The summed E-state index contributed by atoms with van der Waals surface area (Å²) in [5, 5.41) is 4.02. The third-order valence-electron chi connectivity index (χ3n) is 2.64. The first kappa shape index (κ1) is 16.7. The molecule has 0 aliphatic rings. The molecule has 0 saturated heterocycles. The fourth-order valence-electron chi connectivity index (χ4n) is 1.63. The zero-order valence-corrected chi connectivity index (χ0v) is 14.8. The van der Waals surface area contributed by atoms with Gasteiger partial charge in [0.2, 0.25) is 0 Å². The van der Waals surface area contributed by atoms with E-state index in [0.717, 1.165) is 20.1 Å². The van der Waals surface area contributed by atoms with Crippen molar-refractivity contribution in [3.05, 3.63) is 62.5 Å². The molecule has 0 unspecified atom stereocenters. The number of rotatable bonds is 5. The average molecular weight is 405 g/mol. The van der Waals surface area contributed by atoms with Gasteiger partial charge in [0.1, 0.15) is 0 Å². The van der Waals surface area contributed by atoms with Gasteiger partial charge in [-0.1, -0.05) is 39.1 Å². The van der Waals surface area contributed by atoms with Crippen molar-refractivity contribution in [1.29, 1.82) is 0 Å². The highest BCUT2D eigenvalue weighted by molar-refractivity contribution is 9.10. The largest absolute Gasteiger partial charge is 0.351 e. The van der Waals surface area contributed by atoms with Crippen LogP contribution in [-0.4, -0.2) is 18.2 Å². The monoisotopic (exact) mass is 403 g/mol. The second kappa shape index (κ2) is 8.08. The summed E-state index contributed by atoms with van der Waals surface area (Å²) in [7, 11) is 0. The van der Waals surface area contributed by atoms with Crippen LogP contribution < -0.4 is 5.32 Å². The Morgan fingerprint density at radius 2 is 1.86 bits per heavy atom. The number of benzene rings is 2. The van der Waals surface area contributed by atoms with Crippen molar-refractivity contribution in [3.63, 3.8) is 0 Å². The Morgan fingerprint density at radius 1 is 1.14 bits per heavy atom. The Morgan fingerprint density at radius 3 is 2.57 bits per heavy atom. The minimum absolute atomic E-state index is 0.169. The molecule has 0 bridgehead atoms. The van der Waals surface area contributed by atoms with Crippen LogP contribution in [0.5, 0.6) is 0 Å². The maximum absolute atomic E-state index is 12.0. The molecule has 0 aliphatic carbocycles. The maximum Gasteiger partial charge on any atom is 0.252 e. The standard InChI is InChI=1S/C15H12BrCl2NOS/c16-10-1-6-14(18)13(9-10)15(20)19-7-8-21-12-4-2-11(17)3-5-12/h1-6,9H,7-8H2,(H,19,20). The lowest BCUT2D eigenvalue weighted by atomic mass is 10.2. The molecule has 0 heterocycles. The summed E-state index contributed by atoms with van der Waals surface area (Å²) < 4.78 is 0.826. The summed E-state index contributed by atoms with van der Waals surface area (Å²) in [5.41, 5.74) is 0.475. The minimum atomic E-state index is -0.169. The van der Waals surface area contributed by atoms with Crippen LogP contribution in [0.2, 0.25) is 10.0 Å². The first-order chi connectivity index (χ1) is 10.1. The molecule has 2 aromatic carbocycles. The van der Waals surface area contributed by atoms with Crippen molar-refractivity contribution in [2.24, 2.45) is 0 Å². The van der Waals surface area contributed by atoms with Crippen molar-refractivity contribution in [2.45, 2.75) is 4.90 Å². The fourth-order valence-corrected chi connectivity index (χ4v) is 3.09. The fraction of sp³-hybridized carbons (Fsp3) is 0.133.